The van der Waals surface area contributed by atoms with Crippen LogP contribution in [0.3, 0.4) is 0 Å². The molecule has 0 saturated carbocycles. The van der Waals surface area contributed by atoms with Crippen molar-refractivity contribution in [2.24, 2.45) is 0 Å². The highest BCUT2D eigenvalue weighted by Crippen LogP contribution is 2.60. The van der Waals surface area contributed by atoms with Crippen molar-refractivity contribution in [2.45, 2.75) is 52.6 Å². The van der Waals surface area contributed by atoms with Crippen LogP contribution in [0.25, 0.3) is 0 Å². The molecule has 0 aromatic rings. The highest BCUT2D eigenvalue weighted by atomic mass is 35.7. The molecule has 0 aliphatic heterocycles. The predicted octanol–water partition coefficient (Wildman–Crippen LogP) is 4.67. The third-order valence-electron chi connectivity index (χ3n) is 2.20. The summed E-state index contributed by atoms with van der Waals surface area (Å²) in [4.78, 5) is 0. The first-order valence-electron chi connectivity index (χ1n) is 6.66. The molecule has 120 valence electrons. The van der Waals surface area contributed by atoms with Crippen LogP contribution in [-0.2, 0) is 13.4 Å². The summed E-state index contributed by atoms with van der Waals surface area (Å²) in [6.07, 6.45) is 0.557. The lowest BCUT2D eigenvalue weighted by atomic mass is 10.3. The van der Waals surface area contributed by atoms with E-state index in [-0.39, 0.29) is 31.7 Å². The Morgan fingerprint density at radius 2 is 1.48 bits per heavy atom. The molecule has 2 unspecified atom stereocenters. The van der Waals surface area contributed by atoms with Gasteiger partial charge in [-0.15, -0.1) is 0 Å². The van der Waals surface area contributed by atoms with Gasteiger partial charge in [0.15, 0.2) is 0 Å². The van der Waals surface area contributed by atoms with Crippen LogP contribution in [0.15, 0.2) is 0 Å². The molecule has 0 bridgehead atoms. The second kappa shape index (κ2) is 12.5. The van der Waals surface area contributed by atoms with E-state index in [0.29, 0.717) is 6.42 Å². The van der Waals surface area contributed by atoms with E-state index in [1.54, 1.807) is 0 Å². The Kier molecular flexibility index (Phi) is 12.5. The maximum atomic E-state index is 8.61. The standard InChI is InChI=1S/C12H22ClN3O3P2/c1-11(2)16(12(3)4)21(18-10-6-8-15)19-20(13)17-9-5-7-14/h11-12H,5-6,9-10H2,1-4H3. The first kappa shape index (κ1) is 21.0. The van der Waals surface area contributed by atoms with E-state index in [4.69, 9.17) is 35.1 Å². The molecule has 0 rings (SSSR count). The zero-order valence-corrected chi connectivity index (χ0v) is 15.4. The minimum Gasteiger partial charge on any atom is -0.321 e. The zero-order valence-electron chi connectivity index (χ0n) is 12.8. The fourth-order valence-electron chi connectivity index (χ4n) is 1.52. The number of hydrogen-bond acceptors (Lipinski definition) is 6. The maximum absolute atomic E-state index is 8.61. The summed E-state index contributed by atoms with van der Waals surface area (Å²) in [5.74, 6) is 0. The molecule has 2 atom stereocenters. The molecule has 0 aromatic heterocycles. The maximum Gasteiger partial charge on any atom is 0.283 e. The Bertz CT molecular complexity index is 353. The Morgan fingerprint density at radius 1 is 1.00 bits per heavy atom. The van der Waals surface area contributed by atoms with Crippen molar-refractivity contribution in [3.05, 3.63) is 0 Å². The van der Waals surface area contributed by atoms with Gasteiger partial charge in [-0.1, -0.05) is 0 Å². The predicted molar refractivity (Wildman–Crippen MR) is 85.3 cm³/mol. The molecule has 6 nitrogen and oxygen atoms in total. The number of hydrogen-bond donors (Lipinski definition) is 0. The molecule has 0 saturated heterocycles. The average molecular weight is 354 g/mol. The lowest BCUT2D eigenvalue weighted by molar-refractivity contribution is 0.216. The van der Waals surface area contributed by atoms with E-state index < -0.39 is 16.3 Å². The molecular formula is C12H22ClN3O3P2. The van der Waals surface area contributed by atoms with Crippen LogP contribution < -0.4 is 0 Å². The first-order chi connectivity index (χ1) is 9.93. The van der Waals surface area contributed by atoms with E-state index in [1.165, 1.54) is 0 Å². The van der Waals surface area contributed by atoms with Gasteiger partial charge in [0.05, 0.1) is 38.2 Å². The van der Waals surface area contributed by atoms with Crippen molar-refractivity contribution in [2.75, 3.05) is 13.2 Å². The zero-order chi connectivity index (χ0) is 16.3. The molecule has 0 N–H and O–H groups in total. The van der Waals surface area contributed by atoms with Crippen LogP contribution in [0.5, 0.6) is 0 Å². The molecule has 0 aliphatic rings. The molecule has 0 spiro atoms. The largest absolute Gasteiger partial charge is 0.321 e. The van der Waals surface area contributed by atoms with Crippen LogP contribution in [0, 0.1) is 22.7 Å². The van der Waals surface area contributed by atoms with Gasteiger partial charge >= 0.3 is 0 Å². The third-order valence-corrected chi connectivity index (χ3v) is 6.21. The number of nitrogens with zero attached hydrogens (tertiary/aromatic N) is 3. The fraction of sp³-hybridized carbons (Fsp3) is 0.833. The van der Waals surface area contributed by atoms with Crippen LogP contribution in [0.2, 0.25) is 0 Å². The second-order valence-electron chi connectivity index (χ2n) is 4.58. The van der Waals surface area contributed by atoms with Gasteiger partial charge in [-0.3, -0.25) is 4.31 Å². The van der Waals surface area contributed by atoms with Gasteiger partial charge in [0.25, 0.3) is 16.3 Å². The Balaban J connectivity index is 4.63. The second-order valence-corrected chi connectivity index (χ2v) is 7.94. The van der Waals surface area contributed by atoms with Gasteiger partial charge in [0, 0.05) is 12.1 Å². The Labute approximate surface area is 134 Å². The number of rotatable bonds is 11. The molecule has 0 radical (unpaired) electrons. The van der Waals surface area contributed by atoms with Gasteiger partial charge in [0.2, 0.25) is 0 Å². The van der Waals surface area contributed by atoms with Gasteiger partial charge < -0.3 is 9.05 Å². The summed E-state index contributed by atoms with van der Waals surface area (Å²) in [6, 6.07) is 4.42. The topological polar surface area (TPSA) is 78.5 Å². The normalized spacial score (nSPS) is 14.2. The molecular weight excluding hydrogens is 332 g/mol. The molecule has 0 fully saturated rings. The van der Waals surface area contributed by atoms with Crippen LogP contribution in [0.1, 0.15) is 40.5 Å². The third kappa shape index (κ3) is 9.56. The summed E-state index contributed by atoms with van der Waals surface area (Å²) < 4.78 is 18.7. The lowest BCUT2D eigenvalue weighted by Crippen LogP contribution is -2.33. The van der Waals surface area contributed by atoms with E-state index in [2.05, 4.69) is 4.67 Å². The highest BCUT2D eigenvalue weighted by Gasteiger charge is 2.30. The Hall–Kier alpha value is -0.0300. The summed E-state index contributed by atoms with van der Waals surface area (Å²) >= 11 is 6.03. The molecule has 0 aromatic carbocycles. The molecule has 0 amide bonds. The fourth-order valence-corrected chi connectivity index (χ4v) is 4.72. The van der Waals surface area contributed by atoms with E-state index >= 15 is 0 Å². The van der Waals surface area contributed by atoms with Crippen molar-refractivity contribution in [3.8, 4) is 12.1 Å². The van der Waals surface area contributed by atoms with Gasteiger partial charge in [-0.25, -0.2) is 4.67 Å². The Morgan fingerprint density at radius 3 is 1.90 bits per heavy atom. The van der Waals surface area contributed by atoms with Gasteiger partial charge in [-0.05, 0) is 38.9 Å². The summed E-state index contributed by atoms with van der Waals surface area (Å²) in [7, 11) is -3.04. The average Bonchev–Trinajstić information content (AvgIpc) is 2.38. The lowest BCUT2D eigenvalue weighted by Gasteiger charge is -2.35. The van der Waals surface area contributed by atoms with Crippen molar-refractivity contribution in [1.82, 2.24) is 4.67 Å². The SMILES string of the molecule is CC(C)N(C(C)C)P(OCCC#N)OP(Cl)OCCC#N. The number of nitriles is 2. The monoisotopic (exact) mass is 353 g/mol. The highest BCUT2D eigenvalue weighted by molar-refractivity contribution is 7.80. The van der Waals surface area contributed by atoms with E-state index in [9.17, 15) is 0 Å². The number of halogens is 1. The molecule has 21 heavy (non-hydrogen) atoms. The summed E-state index contributed by atoms with van der Waals surface area (Å²) in [5, 5.41) is 17.1. The smallest absolute Gasteiger partial charge is 0.283 e. The minimum absolute atomic E-state index is 0.206. The van der Waals surface area contributed by atoms with Crippen molar-refractivity contribution < 1.29 is 13.4 Å². The first-order valence-corrected chi connectivity index (χ1v) is 9.87. The van der Waals surface area contributed by atoms with Crippen molar-refractivity contribution in [3.63, 3.8) is 0 Å². The van der Waals surface area contributed by atoms with Crippen LogP contribution in [-0.4, -0.2) is 30.0 Å². The molecule has 0 heterocycles. The van der Waals surface area contributed by atoms with Gasteiger partial charge in [0.1, 0.15) is 0 Å². The van der Waals surface area contributed by atoms with E-state index in [0.717, 1.165) is 0 Å². The van der Waals surface area contributed by atoms with Crippen LogP contribution >= 0.6 is 27.5 Å². The summed E-state index contributed by atoms with van der Waals surface area (Å²) in [5.41, 5.74) is 0. The molecule has 0 aliphatic carbocycles. The van der Waals surface area contributed by atoms with E-state index in [1.807, 2.05) is 39.8 Å². The minimum atomic E-state index is -1.63. The molecule has 9 heteroatoms. The van der Waals surface area contributed by atoms with Crippen molar-refractivity contribution >= 4 is 27.5 Å². The van der Waals surface area contributed by atoms with Gasteiger partial charge in [-0.2, -0.15) is 10.5 Å². The van der Waals surface area contributed by atoms with Crippen molar-refractivity contribution in [1.29, 1.82) is 10.5 Å². The quantitative estimate of drug-likeness (QED) is 0.396. The summed E-state index contributed by atoms with van der Waals surface area (Å²) in [6.45, 7) is 8.68. The van der Waals surface area contributed by atoms with Crippen LogP contribution in [0.4, 0.5) is 0 Å².